The molecule has 2 N–H and O–H groups in total. The molecule has 0 saturated carbocycles. The van der Waals surface area contributed by atoms with E-state index in [2.05, 4.69) is 10.1 Å². The van der Waals surface area contributed by atoms with Gasteiger partial charge in [-0.25, -0.2) is 13.2 Å². The van der Waals surface area contributed by atoms with E-state index < -0.39 is 34.4 Å². The van der Waals surface area contributed by atoms with E-state index in [1.165, 1.54) is 28.6 Å². The van der Waals surface area contributed by atoms with Crippen molar-refractivity contribution < 1.29 is 49.7 Å². The van der Waals surface area contributed by atoms with Gasteiger partial charge in [0.05, 0.1) is 17.1 Å². The minimum Gasteiger partial charge on any atom is -0.475 e. The third-order valence-corrected chi connectivity index (χ3v) is 6.21. The van der Waals surface area contributed by atoms with E-state index in [9.17, 15) is 30.4 Å². The molecule has 2 aliphatic rings. The third kappa shape index (κ3) is 6.23. The Morgan fingerprint density at radius 1 is 1.27 bits per heavy atom. The number of nitrogens with one attached hydrogen (secondary N) is 1. The Bertz CT molecular complexity index is 826. The van der Waals surface area contributed by atoms with Crippen molar-refractivity contribution in [2.45, 2.75) is 29.7 Å². The zero-order valence-electron chi connectivity index (χ0n) is 15.4. The molecule has 2 saturated heterocycles. The molecule has 0 aliphatic carbocycles. The van der Waals surface area contributed by atoms with Crippen molar-refractivity contribution in [3.05, 3.63) is 24.3 Å². The minimum absolute atomic E-state index is 0.0575. The van der Waals surface area contributed by atoms with Crippen molar-refractivity contribution in [3.63, 3.8) is 0 Å². The molecule has 14 heteroatoms. The van der Waals surface area contributed by atoms with Gasteiger partial charge in [0.15, 0.2) is 0 Å². The molecule has 30 heavy (non-hydrogen) atoms. The van der Waals surface area contributed by atoms with Gasteiger partial charge in [0.2, 0.25) is 10.0 Å². The van der Waals surface area contributed by atoms with Crippen LogP contribution in [0.3, 0.4) is 0 Å². The summed E-state index contributed by atoms with van der Waals surface area (Å²) in [5.74, 6) is -2.83. The van der Waals surface area contributed by atoms with Crippen LogP contribution in [0.25, 0.3) is 0 Å². The molecule has 3 rings (SSSR count). The molecule has 2 heterocycles. The van der Waals surface area contributed by atoms with Gasteiger partial charge in [-0.3, -0.25) is 0 Å². The molecule has 2 fully saturated rings. The minimum atomic E-state index is -5.08. The smallest absolute Gasteiger partial charge is 0.475 e. The monoisotopic (exact) mass is 462 g/mol. The summed E-state index contributed by atoms with van der Waals surface area (Å²) in [5.41, 5.74) is -0.468. The molecule has 0 radical (unpaired) electrons. The molecule has 170 valence electrons. The van der Waals surface area contributed by atoms with Crippen LogP contribution < -0.4 is 10.1 Å². The molecule has 1 spiro atoms. The number of ether oxygens (including phenoxy) is 2. The van der Waals surface area contributed by atoms with Gasteiger partial charge >= 0.3 is 18.8 Å². The first-order valence-electron chi connectivity index (χ1n) is 8.56. The van der Waals surface area contributed by atoms with Crippen LogP contribution in [0.1, 0.15) is 6.42 Å². The maximum Gasteiger partial charge on any atom is 0.490 e. The first-order valence-corrected chi connectivity index (χ1v) is 10.00. The Labute approximate surface area is 168 Å². The van der Waals surface area contributed by atoms with Crippen LogP contribution >= 0.6 is 0 Å². The number of nitrogens with zero attached hydrogens (tertiary/aromatic N) is 1. The summed E-state index contributed by atoms with van der Waals surface area (Å²) in [6.07, 6.45) is -4.32. The Hall–Kier alpha value is -2.03. The number of carbonyl (C=O) groups is 1. The SMILES string of the molecule is O=C(O)C(F)(F)F.O=S(=O)(c1ccc(OC(F)F)cc1)N1CCOC2(CCNC2)C1. The number of benzene rings is 1. The highest BCUT2D eigenvalue weighted by molar-refractivity contribution is 7.89. The number of halogens is 5. The lowest BCUT2D eigenvalue weighted by atomic mass is 10.0. The van der Waals surface area contributed by atoms with Crippen molar-refractivity contribution in [2.24, 2.45) is 0 Å². The highest BCUT2D eigenvalue weighted by Gasteiger charge is 2.43. The van der Waals surface area contributed by atoms with Gasteiger partial charge in [-0.05, 0) is 37.2 Å². The largest absolute Gasteiger partial charge is 0.490 e. The lowest BCUT2D eigenvalue weighted by Gasteiger charge is -2.39. The second-order valence-corrected chi connectivity index (χ2v) is 8.39. The van der Waals surface area contributed by atoms with Gasteiger partial charge < -0.3 is 19.9 Å². The predicted octanol–water partition coefficient (Wildman–Crippen LogP) is 1.67. The van der Waals surface area contributed by atoms with Gasteiger partial charge in [-0.2, -0.15) is 26.3 Å². The molecule has 1 aromatic rings. The standard InChI is InChI=1S/C14H18F2N2O4S.C2HF3O2/c15-13(16)22-11-1-3-12(4-2-11)23(19,20)18-7-8-21-14(10-18)5-6-17-9-14;3-2(4,5)1(6)7/h1-4,13,17H,5-10H2;(H,6,7). The average molecular weight is 462 g/mol. The van der Waals surface area contributed by atoms with Crippen molar-refractivity contribution in [1.82, 2.24) is 9.62 Å². The fraction of sp³-hybridized carbons (Fsp3) is 0.562. The zero-order chi connectivity index (χ0) is 22.6. The molecule has 1 unspecified atom stereocenters. The highest BCUT2D eigenvalue weighted by Crippen LogP contribution is 2.29. The Balaban J connectivity index is 0.000000396. The van der Waals surface area contributed by atoms with E-state index >= 15 is 0 Å². The molecule has 0 amide bonds. The van der Waals surface area contributed by atoms with E-state index in [-0.39, 0.29) is 23.7 Å². The number of hydrogen-bond donors (Lipinski definition) is 2. The van der Waals surface area contributed by atoms with Crippen LogP contribution in [-0.2, 0) is 19.6 Å². The second-order valence-electron chi connectivity index (χ2n) is 6.45. The Kier molecular flexibility index (Phi) is 7.60. The normalized spacial score (nSPS) is 22.6. The van der Waals surface area contributed by atoms with Gasteiger partial charge in [-0.15, -0.1) is 0 Å². The van der Waals surface area contributed by atoms with Gasteiger partial charge in [0.25, 0.3) is 0 Å². The van der Waals surface area contributed by atoms with Crippen LogP contribution in [0.2, 0.25) is 0 Å². The topological polar surface area (TPSA) is 105 Å². The molecule has 0 aromatic heterocycles. The van der Waals surface area contributed by atoms with E-state index in [0.29, 0.717) is 13.2 Å². The van der Waals surface area contributed by atoms with Crippen LogP contribution in [0.15, 0.2) is 29.2 Å². The van der Waals surface area contributed by atoms with Gasteiger partial charge in [0, 0.05) is 19.6 Å². The van der Waals surface area contributed by atoms with Crippen molar-refractivity contribution in [1.29, 1.82) is 0 Å². The number of alkyl halides is 5. The van der Waals surface area contributed by atoms with Gasteiger partial charge in [0.1, 0.15) is 5.75 Å². The molecular weight excluding hydrogens is 443 g/mol. The molecular formula is C16H19F5N2O6S. The molecule has 8 nitrogen and oxygen atoms in total. The average Bonchev–Trinajstić information content (AvgIpc) is 3.09. The number of rotatable bonds is 4. The number of hydrogen-bond acceptors (Lipinski definition) is 6. The fourth-order valence-corrected chi connectivity index (χ4v) is 4.43. The van der Waals surface area contributed by atoms with Crippen molar-refractivity contribution in [2.75, 3.05) is 32.8 Å². The lowest BCUT2D eigenvalue weighted by molar-refractivity contribution is -0.192. The van der Waals surface area contributed by atoms with Crippen LogP contribution in [0, 0.1) is 0 Å². The summed E-state index contributed by atoms with van der Waals surface area (Å²) in [4.78, 5) is 8.95. The Morgan fingerprint density at radius 3 is 2.33 bits per heavy atom. The van der Waals surface area contributed by atoms with Gasteiger partial charge in [-0.1, -0.05) is 0 Å². The summed E-state index contributed by atoms with van der Waals surface area (Å²) in [7, 11) is -3.69. The summed E-state index contributed by atoms with van der Waals surface area (Å²) in [5, 5.41) is 10.3. The zero-order valence-corrected chi connectivity index (χ0v) is 16.2. The van der Waals surface area contributed by atoms with E-state index in [0.717, 1.165) is 13.0 Å². The highest BCUT2D eigenvalue weighted by atomic mass is 32.2. The molecule has 1 atom stereocenters. The maximum absolute atomic E-state index is 12.7. The molecule has 0 bridgehead atoms. The second kappa shape index (κ2) is 9.41. The lowest BCUT2D eigenvalue weighted by Crippen LogP contribution is -2.54. The fourth-order valence-electron chi connectivity index (χ4n) is 2.94. The molecule has 1 aromatic carbocycles. The predicted molar refractivity (Wildman–Crippen MR) is 91.7 cm³/mol. The number of morpholine rings is 1. The summed E-state index contributed by atoms with van der Waals surface area (Å²) >= 11 is 0. The number of aliphatic carboxylic acids is 1. The summed E-state index contributed by atoms with van der Waals surface area (Å²) in [6, 6.07) is 5.02. The first kappa shape index (κ1) is 24.2. The van der Waals surface area contributed by atoms with Crippen LogP contribution in [0.5, 0.6) is 5.75 Å². The quantitative estimate of drug-likeness (QED) is 0.656. The number of carboxylic acid groups (broad SMARTS) is 1. The Morgan fingerprint density at radius 2 is 1.87 bits per heavy atom. The molecule has 2 aliphatic heterocycles. The summed E-state index contributed by atoms with van der Waals surface area (Å²) in [6.45, 7) is -0.607. The first-order chi connectivity index (χ1) is 13.9. The van der Waals surface area contributed by atoms with E-state index in [4.69, 9.17) is 14.6 Å². The van der Waals surface area contributed by atoms with Crippen molar-refractivity contribution in [3.8, 4) is 5.75 Å². The number of sulfonamides is 1. The third-order valence-electron chi connectivity index (χ3n) is 4.35. The van der Waals surface area contributed by atoms with Crippen molar-refractivity contribution >= 4 is 16.0 Å². The number of carboxylic acids is 1. The van der Waals surface area contributed by atoms with Crippen LogP contribution in [-0.4, -0.2) is 75.0 Å². The summed E-state index contributed by atoms with van der Waals surface area (Å²) < 4.78 is 92.9. The van der Waals surface area contributed by atoms with Crippen LogP contribution in [0.4, 0.5) is 22.0 Å². The maximum atomic E-state index is 12.7. The van der Waals surface area contributed by atoms with E-state index in [1.54, 1.807) is 0 Å². The van der Waals surface area contributed by atoms with E-state index in [1.807, 2.05) is 0 Å².